The maximum absolute atomic E-state index is 12.3. The normalized spacial score (nSPS) is 13.7. The molecule has 2 aromatic carbocycles. The van der Waals surface area contributed by atoms with E-state index < -0.39 is 29.5 Å². The number of carboxylic acids is 1. The number of benzene rings is 2. The molecule has 2 atom stereocenters. The summed E-state index contributed by atoms with van der Waals surface area (Å²) in [4.78, 5) is 23.9. The lowest BCUT2D eigenvalue weighted by atomic mass is 9.92. The van der Waals surface area contributed by atoms with Gasteiger partial charge >= 0.3 is 11.9 Å². The molecule has 2 unspecified atom stereocenters. The van der Waals surface area contributed by atoms with Crippen LogP contribution in [0.2, 0.25) is 5.02 Å². The first-order chi connectivity index (χ1) is 12.1. The van der Waals surface area contributed by atoms with E-state index in [0.29, 0.717) is 10.6 Å². The van der Waals surface area contributed by atoms with Crippen LogP contribution >= 0.6 is 11.6 Å². The zero-order valence-electron chi connectivity index (χ0n) is 14.9. The van der Waals surface area contributed by atoms with Crippen molar-refractivity contribution in [3.8, 4) is 11.1 Å². The molecule has 2 rings (SSSR count). The first kappa shape index (κ1) is 19.9. The van der Waals surface area contributed by atoms with E-state index in [1.54, 1.807) is 39.0 Å². The van der Waals surface area contributed by atoms with Crippen molar-refractivity contribution in [2.75, 3.05) is 0 Å². The molecule has 0 aliphatic carbocycles. The highest BCUT2D eigenvalue weighted by atomic mass is 35.5. The number of esters is 1. The molecule has 6 heteroatoms. The van der Waals surface area contributed by atoms with Crippen molar-refractivity contribution < 1.29 is 19.4 Å². The third-order valence-electron chi connectivity index (χ3n) is 3.75. The van der Waals surface area contributed by atoms with Crippen LogP contribution in [-0.2, 0) is 14.3 Å². The van der Waals surface area contributed by atoms with Crippen LogP contribution in [0.3, 0.4) is 0 Å². The van der Waals surface area contributed by atoms with Crippen molar-refractivity contribution in [2.24, 2.45) is 11.7 Å². The molecule has 0 fully saturated rings. The van der Waals surface area contributed by atoms with Crippen LogP contribution in [0.5, 0.6) is 0 Å². The number of carbonyl (C=O) groups excluding carboxylic acids is 1. The number of ether oxygens (including phenoxy) is 1. The summed E-state index contributed by atoms with van der Waals surface area (Å²) in [6.07, 6.45) is 0. The fraction of sp³-hybridized carbons (Fsp3) is 0.300. The van der Waals surface area contributed by atoms with Crippen LogP contribution in [0.4, 0.5) is 0 Å². The molecule has 0 aliphatic rings. The van der Waals surface area contributed by atoms with Gasteiger partial charge in [-0.1, -0.05) is 54.1 Å². The highest BCUT2D eigenvalue weighted by molar-refractivity contribution is 6.31. The number of hydrogen-bond donors (Lipinski definition) is 2. The number of carboxylic acid groups (broad SMARTS) is 1. The molecular weight excluding hydrogens is 354 g/mol. The number of nitrogens with two attached hydrogens (primary N) is 1. The Balaban J connectivity index is 2.33. The molecule has 0 heterocycles. The zero-order valence-corrected chi connectivity index (χ0v) is 15.7. The molecule has 5 nitrogen and oxygen atoms in total. The molecule has 0 aliphatic heterocycles. The van der Waals surface area contributed by atoms with Crippen molar-refractivity contribution >= 4 is 23.5 Å². The minimum atomic E-state index is -1.55. The van der Waals surface area contributed by atoms with Crippen molar-refractivity contribution in [3.63, 3.8) is 0 Å². The third-order valence-corrected chi connectivity index (χ3v) is 4.08. The van der Waals surface area contributed by atoms with Gasteiger partial charge in [0.25, 0.3) is 0 Å². The van der Waals surface area contributed by atoms with Gasteiger partial charge in [-0.15, -0.1) is 0 Å². The van der Waals surface area contributed by atoms with Crippen LogP contribution in [0.1, 0.15) is 32.4 Å². The van der Waals surface area contributed by atoms with Gasteiger partial charge in [-0.3, -0.25) is 9.59 Å². The van der Waals surface area contributed by atoms with Gasteiger partial charge in [-0.2, -0.15) is 0 Å². The second-order valence-corrected chi connectivity index (χ2v) is 7.38. The summed E-state index contributed by atoms with van der Waals surface area (Å²) in [6.45, 7) is 4.99. The van der Waals surface area contributed by atoms with Crippen LogP contribution in [0.25, 0.3) is 11.1 Å². The van der Waals surface area contributed by atoms with Crippen LogP contribution < -0.4 is 5.73 Å². The van der Waals surface area contributed by atoms with Crippen LogP contribution in [0.15, 0.2) is 48.5 Å². The topological polar surface area (TPSA) is 89.6 Å². The molecule has 138 valence electrons. The molecule has 0 amide bonds. The van der Waals surface area contributed by atoms with E-state index in [4.69, 9.17) is 22.1 Å². The average Bonchev–Trinajstić information content (AvgIpc) is 2.53. The summed E-state index contributed by atoms with van der Waals surface area (Å²) in [5, 5.41) is 9.77. The van der Waals surface area contributed by atoms with Gasteiger partial charge in [-0.05, 0) is 43.5 Å². The Kier molecular flexibility index (Phi) is 6.05. The Morgan fingerprint density at radius 2 is 1.69 bits per heavy atom. The van der Waals surface area contributed by atoms with E-state index in [2.05, 4.69) is 0 Å². The molecule has 26 heavy (non-hydrogen) atoms. The number of halogens is 1. The summed E-state index contributed by atoms with van der Waals surface area (Å²) < 4.78 is 5.19. The maximum atomic E-state index is 12.3. The number of hydrogen-bond acceptors (Lipinski definition) is 4. The summed E-state index contributed by atoms with van der Waals surface area (Å²) in [5.74, 6) is -3.79. The monoisotopic (exact) mass is 375 g/mol. The predicted molar refractivity (Wildman–Crippen MR) is 101 cm³/mol. The standard InChI is InChI=1S/C20H22ClNO4/c1-20(2,3)26-19(25)16(18(23)24)17(22)14-10-9-13(11-15(14)21)12-7-5-4-6-8-12/h4-11,16-17H,22H2,1-3H3,(H,23,24). The van der Waals surface area contributed by atoms with Gasteiger partial charge in [0.2, 0.25) is 0 Å². The lowest BCUT2D eigenvalue weighted by molar-refractivity contribution is -0.167. The van der Waals surface area contributed by atoms with Gasteiger partial charge in [0.15, 0.2) is 5.92 Å². The summed E-state index contributed by atoms with van der Waals surface area (Å²) >= 11 is 6.34. The Labute approximate surface area is 157 Å². The zero-order chi connectivity index (χ0) is 19.5. The fourth-order valence-electron chi connectivity index (χ4n) is 2.55. The van der Waals surface area contributed by atoms with Gasteiger partial charge in [0.05, 0.1) is 6.04 Å². The van der Waals surface area contributed by atoms with Crippen molar-refractivity contribution in [2.45, 2.75) is 32.4 Å². The Morgan fingerprint density at radius 1 is 1.08 bits per heavy atom. The second-order valence-electron chi connectivity index (χ2n) is 6.98. The second kappa shape index (κ2) is 7.89. The molecule has 0 radical (unpaired) electrons. The van der Waals surface area contributed by atoms with Crippen molar-refractivity contribution in [1.29, 1.82) is 0 Å². The smallest absolute Gasteiger partial charge is 0.322 e. The molecular formula is C20H22ClNO4. The van der Waals surface area contributed by atoms with E-state index in [1.807, 2.05) is 30.3 Å². The van der Waals surface area contributed by atoms with Gasteiger partial charge in [-0.25, -0.2) is 0 Å². The molecule has 0 aromatic heterocycles. The predicted octanol–water partition coefficient (Wildman–Crippen LogP) is 4.05. The first-order valence-corrected chi connectivity index (χ1v) is 8.54. The van der Waals surface area contributed by atoms with Crippen molar-refractivity contribution in [3.05, 3.63) is 59.1 Å². The molecule has 0 bridgehead atoms. The number of aliphatic carboxylic acids is 1. The van der Waals surface area contributed by atoms with Gasteiger partial charge < -0.3 is 15.6 Å². The minimum Gasteiger partial charge on any atom is -0.481 e. The largest absolute Gasteiger partial charge is 0.481 e. The van der Waals surface area contributed by atoms with Gasteiger partial charge in [0.1, 0.15) is 5.60 Å². The Bertz CT molecular complexity index is 799. The molecule has 2 aromatic rings. The SMILES string of the molecule is CC(C)(C)OC(=O)C(C(=O)O)C(N)c1ccc(-c2ccccc2)cc1Cl. The molecule has 0 saturated heterocycles. The molecule has 0 spiro atoms. The summed E-state index contributed by atoms with van der Waals surface area (Å²) in [7, 11) is 0. The van der Waals surface area contributed by atoms with E-state index in [9.17, 15) is 14.7 Å². The quantitative estimate of drug-likeness (QED) is 0.607. The van der Waals surface area contributed by atoms with Crippen LogP contribution in [-0.4, -0.2) is 22.6 Å². The van der Waals surface area contributed by atoms with E-state index in [1.165, 1.54) is 0 Å². The van der Waals surface area contributed by atoms with Crippen molar-refractivity contribution in [1.82, 2.24) is 0 Å². The molecule has 3 N–H and O–H groups in total. The lowest BCUT2D eigenvalue weighted by Crippen LogP contribution is -2.39. The van der Waals surface area contributed by atoms with Gasteiger partial charge in [0, 0.05) is 5.02 Å². The third kappa shape index (κ3) is 4.84. The number of rotatable bonds is 5. The Hall–Kier alpha value is -2.37. The lowest BCUT2D eigenvalue weighted by Gasteiger charge is -2.25. The van der Waals surface area contributed by atoms with E-state index in [-0.39, 0.29) is 0 Å². The summed E-state index contributed by atoms with van der Waals surface area (Å²) in [6, 6.07) is 13.6. The van der Waals surface area contributed by atoms with Crippen LogP contribution in [0, 0.1) is 5.92 Å². The highest BCUT2D eigenvalue weighted by Crippen LogP contribution is 2.32. The summed E-state index contributed by atoms with van der Waals surface area (Å²) in [5.41, 5.74) is 7.49. The first-order valence-electron chi connectivity index (χ1n) is 8.16. The number of carbonyl (C=O) groups is 2. The fourth-order valence-corrected chi connectivity index (χ4v) is 2.86. The maximum Gasteiger partial charge on any atom is 0.322 e. The minimum absolute atomic E-state index is 0.300. The van der Waals surface area contributed by atoms with E-state index >= 15 is 0 Å². The Morgan fingerprint density at radius 3 is 2.19 bits per heavy atom. The highest BCUT2D eigenvalue weighted by Gasteiger charge is 2.38. The molecule has 0 saturated carbocycles. The van der Waals surface area contributed by atoms with E-state index in [0.717, 1.165) is 11.1 Å². The average molecular weight is 376 g/mol.